The normalized spacial score (nSPS) is 11.8. The highest BCUT2D eigenvalue weighted by atomic mass is 32.2. The third kappa shape index (κ3) is 6.20. The number of nitrogens with zero attached hydrogens (tertiary/aromatic N) is 2. The molecule has 1 atom stereocenters. The predicted molar refractivity (Wildman–Crippen MR) is 140 cm³/mol. The molecule has 2 amide bonds. The Kier molecular flexibility index (Phi) is 8.76. The van der Waals surface area contributed by atoms with Crippen molar-refractivity contribution in [3.05, 3.63) is 76.2 Å². The molecular formula is C26H32N4O3S. The summed E-state index contributed by atoms with van der Waals surface area (Å²) >= 11 is 1.22. The van der Waals surface area contributed by atoms with Crippen LogP contribution in [0, 0.1) is 6.92 Å². The molecule has 0 aliphatic heterocycles. The molecule has 2 aromatic carbocycles. The van der Waals surface area contributed by atoms with Gasteiger partial charge in [0.15, 0.2) is 0 Å². The van der Waals surface area contributed by atoms with Crippen molar-refractivity contribution in [2.24, 2.45) is 7.05 Å². The maximum Gasteiger partial charge on any atom is 0.295 e. The highest BCUT2D eigenvalue weighted by molar-refractivity contribution is 8.01. The average molecular weight is 481 g/mol. The molecular weight excluding hydrogens is 448 g/mol. The lowest BCUT2D eigenvalue weighted by Gasteiger charge is -2.12. The zero-order valence-electron chi connectivity index (χ0n) is 20.1. The van der Waals surface area contributed by atoms with Crippen LogP contribution in [0.1, 0.15) is 37.9 Å². The minimum absolute atomic E-state index is 0.133. The second kappa shape index (κ2) is 11.7. The molecule has 180 valence electrons. The highest BCUT2D eigenvalue weighted by Gasteiger charge is 2.21. The van der Waals surface area contributed by atoms with Gasteiger partial charge in [-0.15, -0.1) is 11.8 Å². The lowest BCUT2D eigenvalue weighted by Crippen LogP contribution is -2.28. The van der Waals surface area contributed by atoms with Crippen LogP contribution in [0.3, 0.4) is 0 Å². The number of unbranched alkanes of at least 4 members (excludes halogenated alkanes) is 1. The van der Waals surface area contributed by atoms with Crippen LogP contribution in [0.4, 0.5) is 11.4 Å². The van der Waals surface area contributed by atoms with E-state index in [0.29, 0.717) is 5.69 Å². The maximum absolute atomic E-state index is 13.0. The summed E-state index contributed by atoms with van der Waals surface area (Å²) < 4.78 is 3.23. The second-order valence-corrected chi connectivity index (χ2v) is 9.56. The Labute approximate surface area is 204 Å². The molecule has 1 heterocycles. The van der Waals surface area contributed by atoms with Crippen LogP contribution < -0.4 is 16.2 Å². The first kappa shape index (κ1) is 25.4. The molecule has 0 radical (unpaired) electrons. The quantitative estimate of drug-likeness (QED) is 0.447. The fourth-order valence-electron chi connectivity index (χ4n) is 3.55. The van der Waals surface area contributed by atoms with Crippen LogP contribution in [0.5, 0.6) is 0 Å². The summed E-state index contributed by atoms with van der Waals surface area (Å²) in [4.78, 5) is 38.1. The van der Waals surface area contributed by atoms with Gasteiger partial charge in [-0.05, 0) is 56.5 Å². The van der Waals surface area contributed by atoms with E-state index in [4.69, 9.17) is 0 Å². The molecule has 3 rings (SSSR count). The second-order valence-electron chi connectivity index (χ2n) is 8.23. The Balaban J connectivity index is 1.56. The highest BCUT2D eigenvalue weighted by Crippen LogP contribution is 2.18. The Bertz CT molecular complexity index is 1180. The Hall–Kier alpha value is -3.26. The largest absolute Gasteiger partial charge is 0.325 e. The van der Waals surface area contributed by atoms with Crippen molar-refractivity contribution in [3.8, 4) is 5.69 Å². The maximum atomic E-state index is 13.0. The molecule has 0 spiro atoms. The van der Waals surface area contributed by atoms with E-state index in [9.17, 15) is 14.4 Å². The lowest BCUT2D eigenvalue weighted by molar-refractivity contribution is -0.115. The number of anilines is 2. The average Bonchev–Trinajstić information content (AvgIpc) is 3.05. The van der Waals surface area contributed by atoms with Crippen LogP contribution in [-0.4, -0.2) is 32.2 Å². The van der Waals surface area contributed by atoms with E-state index in [1.165, 1.54) is 22.0 Å². The van der Waals surface area contributed by atoms with Gasteiger partial charge >= 0.3 is 0 Å². The summed E-state index contributed by atoms with van der Waals surface area (Å²) in [5.41, 5.74) is 3.32. The van der Waals surface area contributed by atoms with Crippen molar-refractivity contribution in [1.82, 2.24) is 9.36 Å². The number of hydrogen-bond acceptors (Lipinski definition) is 4. The molecule has 2 N–H and O–H groups in total. The number of aryl methyl sites for hydroxylation is 1. The molecule has 0 saturated heterocycles. The monoisotopic (exact) mass is 480 g/mol. The molecule has 0 fully saturated rings. The molecule has 0 bridgehead atoms. The smallest absolute Gasteiger partial charge is 0.295 e. The molecule has 0 aliphatic carbocycles. The standard InChI is InChI=1S/C26H32N4O3S/c1-5-6-10-20-13-15-21(16-14-20)27-23(31)17-34-19(3)25(32)28-24-18(2)29(4)30(26(24)33)22-11-8-7-9-12-22/h7-9,11-16,19H,5-6,10,17H2,1-4H3,(H,27,31)(H,28,32). The van der Waals surface area contributed by atoms with Gasteiger partial charge in [-0.3, -0.25) is 19.1 Å². The summed E-state index contributed by atoms with van der Waals surface area (Å²) in [5, 5.41) is 5.12. The topological polar surface area (TPSA) is 85.1 Å². The lowest BCUT2D eigenvalue weighted by atomic mass is 10.1. The number of thioether (sulfide) groups is 1. The number of benzene rings is 2. The van der Waals surface area contributed by atoms with Gasteiger partial charge in [-0.1, -0.05) is 43.7 Å². The molecule has 8 heteroatoms. The number of amides is 2. The van der Waals surface area contributed by atoms with E-state index in [1.807, 2.05) is 54.6 Å². The van der Waals surface area contributed by atoms with Crippen molar-refractivity contribution >= 4 is 35.0 Å². The Morgan fingerprint density at radius 1 is 1.03 bits per heavy atom. The zero-order chi connectivity index (χ0) is 24.7. The molecule has 1 unspecified atom stereocenters. The fourth-order valence-corrected chi connectivity index (χ4v) is 4.23. The summed E-state index contributed by atoms with van der Waals surface area (Å²) in [7, 11) is 1.78. The van der Waals surface area contributed by atoms with E-state index in [0.717, 1.165) is 30.6 Å². The number of rotatable bonds is 10. The van der Waals surface area contributed by atoms with Gasteiger partial charge in [-0.25, -0.2) is 4.68 Å². The number of nitrogens with one attached hydrogen (secondary N) is 2. The van der Waals surface area contributed by atoms with Gasteiger partial charge in [0.1, 0.15) is 5.69 Å². The van der Waals surface area contributed by atoms with E-state index in [1.54, 1.807) is 25.6 Å². The minimum Gasteiger partial charge on any atom is -0.325 e. The van der Waals surface area contributed by atoms with Crippen molar-refractivity contribution in [2.45, 2.75) is 45.3 Å². The van der Waals surface area contributed by atoms with Gasteiger partial charge < -0.3 is 10.6 Å². The minimum atomic E-state index is -0.508. The van der Waals surface area contributed by atoms with E-state index in [-0.39, 0.29) is 28.8 Å². The number of hydrogen-bond donors (Lipinski definition) is 2. The summed E-state index contributed by atoms with van der Waals surface area (Å²) in [6.45, 7) is 5.67. The summed E-state index contributed by atoms with van der Waals surface area (Å²) in [6, 6.07) is 17.1. The first-order valence-electron chi connectivity index (χ1n) is 11.5. The van der Waals surface area contributed by atoms with Gasteiger partial charge in [0.2, 0.25) is 11.8 Å². The molecule has 1 aromatic heterocycles. The van der Waals surface area contributed by atoms with Gasteiger partial charge in [0.25, 0.3) is 5.56 Å². The molecule has 7 nitrogen and oxygen atoms in total. The van der Waals surface area contributed by atoms with E-state index >= 15 is 0 Å². The number of para-hydroxylation sites is 1. The van der Waals surface area contributed by atoms with E-state index < -0.39 is 5.25 Å². The molecule has 0 aliphatic rings. The van der Waals surface area contributed by atoms with Gasteiger partial charge in [0.05, 0.1) is 22.4 Å². The first-order chi connectivity index (χ1) is 16.3. The van der Waals surface area contributed by atoms with Crippen LogP contribution >= 0.6 is 11.8 Å². The summed E-state index contributed by atoms with van der Waals surface area (Å²) in [5.74, 6) is -0.355. The number of carbonyl (C=O) groups is 2. The van der Waals surface area contributed by atoms with E-state index in [2.05, 4.69) is 17.6 Å². The molecule has 0 saturated carbocycles. The van der Waals surface area contributed by atoms with Crippen LogP contribution in [0.2, 0.25) is 0 Å². The van der Waals surface area contributed by atoms with Gasteiger partial charge in [0, 0.05) is 12.7 Å². The Morgan fingerprint density at radius 2 is 1.71 bits per heavy atom. The summed E-state index contributed by atoms with van der Waals surface area (Å²) in [6.07, 6.45) is 3.32. The van der Waals surface area contributed by atoms with Crippen LogP contribution in [0.15, 0.2) is 59.4 Å². The third-order valence-electron chi connectivity index (χ3n) is 5.69. The van der Waals surface area contributed by atoms with Crippen LogP contribution in [0.25, 0.3) is 5.69 Å². The zero-order valence-corrected chi connectivity index (χ0v) is 20.9. The predicted octanol–water partition coefficient (Wildman–Crippen LogP) is 4.53. The Morgan fingerprint density at radius 3 is 2.35 bits per heavy atom. The van der Waals surface area contributed by atoms with Gasteiger partial charge in [-0.2, -0.15) is 0 Å². The first-order valence-corrected chi connectivity index (χ1v) is 12.5. The van der Waals surface area contributed by atoms with Crippen molar-refractivity contribution in [3.63, 3.8) is 0 Å². The van der Waals surface area contributed by atoms with Crippen molar-refractivity contribution < 1.29 is 9.59 Å². The SMILES string of the molecule is CCCCc1ccc(NC(=O)CSC(C)C(=O)Nc2c(C)n(C)n(-c3ccccc3)c2=O)cc1. The number of aromatic nitrogens is 2. The van der Waals surface area contributed by atoms with Crippen LogP contribution in [-0.2, 0) is 23.1 Å². The van der Waals surface area contributed by atoms with Crippen molar-refractivity contribution in [2.75, 3.05) is 16.4 Å². The van der Waals surface area contributed by atoms with Crippen molar-refractivity contribution in [1.29, 1.82) is 0 Å². The molecule has 34 heavy (non-hydrogen) atoms. The third-order valence-corrected chi connectivity index (χ3v) is 6.84. The number of carbonyl (C=O) groups excluding carboxylic acids is 2. The molecule has 3 aromatic rings. The fraction of sp³-hybridized carbons (Fsp3) is 0.346.